The maximum absolute atomic E-state index is 11.5. The van der Waals surface area contributed by atoms with E-state index in [0.29, 0.717) is 31.4 Å². The molecule has 1 rings (SSSR count). The molecular formula is C12H17IN4O2. The van der Waals surface area contributed by atoms with Crippen molar-refractivity contribution in [2.45, 2.75) is 0 Å². The van der Waals surface area contributed by atoms with Crippen LogP contribution in [0.5, 0.6) is 0 Å². The highest BCUT2D eigenvalue weighted by molar-refractivity contribution is 14.0. The standard InChI is InChI=1S/C12H16N4O2.HI/c1-3-6-15-12(13-2)16-8-7-14-11(17)10-5-4-9-18-10;/h1,4-5,9H,6-8H2,2H3,(H,14,17)(H2,13,15,16);1H. The lowest BCUT2D eigenvalue weighted by Crippen LogP contribution is -2.41. The van der Waals surface area contributed by atoms with Gasteiger partial charge in [0.1, 0.15) is 0 Å². The maximum atomic E-state index is 11.5. The Kier molecular flexibility index (Phi) is 9.34. The number of halogens is 1. The lowest BCUT2D eigenvalue weighted by atomic mass is 10.4. The summed E-state index contributed by atoms with van der Waals surface area (Å²) in [5.41, 5.74) is 0. The fraction of sp³-hybridized carbons (Fsp3) is 0.333. The number of carbonyl (C=O) groups is 1. The van der Waals surface area contributed by atoms with Crippen molar-refractivity contribution in [1.29, 1.82) is 0 Å². The van der Waals surface area contributed by atoms with Crippen LogP contribution in [0.4, 0.5) is 0 Å². The molecule has 0 radical (unpaired) electrons. The minimum absolute atomic E-state index is 0. The van der Waals surface area contributed by atoms with E-state index >= 15 is 0 Å². The van der Waals surface area contributed by atoms with Gasteiger partial charge in [-0.05, 0) is 12.1 Å². The Bertz CT molecular complexity index is 437. The molecule has 0 saturated heterocycles. The van der Waals surface area contributed by atoms with E-state index < -0.39 is 0 Å². The second kappa shape index (κ2) is 10.3. The molecule has 6 nitrogen and oxygen atoms in total. The van der Waals surface area contributed by atoms with Gasteiger partial charge >= 0.3 is 0 Å². The molecule has 0 aromatic carbocycles. The van der Waals surface area contributed by atoms with Crippen molar-refractivity contribution in [3.8, 4) is 12.3 Å². The first kappa shape index (κ1) is 17.3. The van der Waals surface area contributed by atoms with E-state index in [1.807, 2.05) is 0 Å². The number of nitrogens with one attached hydrogen (secondary N) is 3. The zero-order valence-corrected chi connectivity index (χ0v) is 12.9. The summed E-state index contributed by atoms with van der Waals surface area (Å²) in [4.78, 5) is 15.4. The first-order valence-corrected chi connectivity index (χ1v) is 5.47. The number of nitrogens with zero attached hydrogens (tertiary/aromatic N) is 1. The number of hydrogen-bond donors (Lipinski definition) is 3. The van der Waals surface area contributed by atoms with E-state index in [2.05, 4.69) is 26.9 Å². The first-order chi connectivity index (χ1) is 8.77. The Balaban J connectivity index is 0.00000324. The predicted molar refractivity (Wildman–Crippen MR) is 84.7 cm³/mol. The molecule has 1 amide bonds. The van der Waals surface area contributed by atoms with Crippen molar-refractivity contribution in [3.05, 3.63) is 24.2 Å². The SMILES string of the molecule is C#CCNC(=NC)NCCNC(=O)c1ccco1.I. The van der Waals surface area contributed by atoms with Gasteiger partial charge < -0.3 is 20.4 Å². The number of guanidine groups is 1. The molecule has 19 heavy (non-hydrogen) atoms. The van der Waals surface area contributed by atoms with Crippen molar-refractivity contribution in [2.24, 2.45) is 4.99 Å². The molecule has 0 aliphatic rings. The molecule has 1 aromatic heterocycles. The Hall–Kier alpha value is -1.69. The summed E-state index contributed by atoms with van der Waals surface area (Å²) in [5, 5.41) is 8.61. The molecule has 0 atom stereocenters. The normalized spacial score (nSPS) is 10.0. The highest BCUT2D eigenvalue weighted by Gasteiger charge is 2.06. The van der Waals surface area contributed by atoms with E-state index in [0.717, 1.165) is 0 Å². The van der Waals surface area contributed by atoms with Crippen LogP contribution < -0.4 is 16.0 Å². The zero-order chi connectivity index (χ0) is 13.2. The molecule has 0 saturated carbocycles. The van der Waals surface area contributed by atoms with Gasteiger partial charge in [-0.3, -0.25) is 9.79 Å². The summed E-state index contributed by atoms with van der Waals surface area (Å²) in [6.07, 6.45) is 6.57. The molecule has 0 fully saturated rings. The van der Waals surface area contributed by atoms with E-state index in [4.69, 9.17) is 10.8 Å². The van der Waals surface area contributed by atoms with Crippen LogP contribution in [-0.2, 0) is 0 Å². The largest absolute Gasteiger partial charge is 0.459 e. The Labute approximate surface area is 129 Å². The molecule has 0 aliphatic heterocycles. The molecule has 1 aromatic rings. The molecule has 0 spiro atoms. The molecule has 3 N–H and O–H groups in total. The lowest BCUT2D eigenvalue weighted by molar-refractivity contribution is 0.0926. The topological polar surface area (TPSA) is 78.7 Å². The second-order valence-electron chi connectivity index (χ2n) is 3.29. The average Bonchev–Trinajstić information content (AvgIpc) is 2.91. The quantitative estimate of drug-likeness (QED) is 0.229. The lowest BCUT2D eigenvalue weighted by Gasteiger charge is -2.09. The molecular weight excluding hydrogens is 359 g/mol. The Morgan fingerprint density at radius 1 is 1.42 bits per heavy atom. The van der Waals surface area contributed by atoms with E-state index in [1.54, 1.807) is 19.2 Å². The predicted octanol–water partition coefficient (Wildman–Crippen LogP) is 0.426. The summed E-state index contributed by atoms with van der Waals surface area (Å²) in [6.45, 7) is 1.39. The maximum Gasteiger partial charge on any atom is 0.287 e. The van der Waals surface area contributed by atoms with Crippen molar-refractivity contribution >= 4 is 35.8 Å². The minimum atomic E-state index is -0.242. The van der Waals surface area contributed by atoms with Gasteiger partial charge in [0.05, 0.1) is 12.8 Å². The van der Waals surface area contributed by atoms with Crippen molar-refractivity contribution in [1.82, 2.24) is 16.0 Å². The summed E-state index contributed by atoms with van der Waals surface area (Å²) in [7, 11) is 1.65. The number of rotatable bonds is 5. The smallest absolute Gasteiger partial charge is 0.287 e. The van der Waals surface area contributed by atoms with Gasteiger partial charge in [-0.2, -0.15) is 0 Å². The van der Waals surface area contributed by atoms with Gasteiger partial charge in [0.25, 0.3) is 5.91 Å². The van der Waals surface area contributed by atoms with Gasteiger partial charge in [-0.1, -0.05) is 5.92 Å². The summed E-state index contributed by atoms with van der Waals surface area (Å²) in [5.74, 6) is 3.10. The third kappa shape index (κ3) is 6.71. The first-order valence-electron chi connectivity index (χ1n) is 5.47. The molecule has 7 heteroatoms. The third-order valence-corrected chi connectivity index (χ3v) is 2.03. The van der Waals surface area contributed by atoms with Crippen LogP contribution >= 0.6 is 24.0 Å². The molecule has 1 heterocycles. The highest BCUT2D eigenvalue weighted by Crippen LogP contribution is 1.98. The van der Waals surface area contributed by atoms with Crippen LogP contribution in [0.25, 0.3) is 0 Å². The van der Waals surface area contributed by atoms with Crippen LogP contribution in [0.3, 0.4) is 0 Å². The van der Waals surface area contributed by atoms with E-state index in [-0.39, 0.29) is 29.9 Å². The fourth-order valence-corrected chi connectivity index (χ4v) is 1.21. The number of carbonyl (C=O) groups excluding carboxylic acids is 1. The summed E-state index contributed by atoms with van der Waals surface area (Å²) >= 11 is 0. The number of aliphatic imine (C=N–C) groups is 1. The molecule has 104 valence electrons. The summed E-state index contributed by atoms with van der Waals surface area (Å²) in [6, 6.07) is 3.27. The molecule has 0 aliphatic carbocycles. The zero-order valence-electron chi connectivity index (χ0n) is 10.6. The Morgan fingerprint density at radius 2 is 2.16 bits per heavy atom. The fourth-order valence-electron chi connectivity index (χ4n) is 1.21. The van der Waals surface area contributed by atoms with E-state index in [1.165, 1.54) is 6.26 Å². The average molecular weight is 376 g/mol. The number of amides is 1. The van der Waals surface area contributed by atoms with Gasteiger partial charge in [0.2, 0.25) is 0 Å². The number of terminal acetylenes is 1. The van der Waals surface area contributed by atoms with Gasteiger partial charge in [-0.15, -0.1) is 30.4 Å². The van der Waals surface area contributed by atoms with E-state index in [9.17, 15) is 4.79 Å². The summed E-state index contributed by atoms with van der Waals surface area (Å²) < 4.78 is 4.96. The van der Waals surface area contributed by atoms with Crippen molar-refractivity contribution in [2.75, 3.05) is 26.7 Å². The van der Waals surface area contributed by atoms with Gasteiger partial charge in [-0.25, -0.2) is 0 Å². The third-order valence-electron chi connectivity index (χ3n) is 2.03. The van der Waals surface area contributed by atoms with Crippen LogP contribution in [0, 0.1) is 12.3 Å². The van der Waals surface area contributed by atoms with Crippen LogP contribution in [0.2, 0.25) is 0 Å². The molecule has 0 unspecified atom stereocenters. The minimum Gasteiger partial charge on any atom is -0.459 e. The van der Waals surface area contributed by atoms with Crippen molar-refractivity contribution in [3.63, 3.8) is 0 Å². The van der Waals surface area contributed by atoms with Gasteiger partial charge in [0, 0.05) is 20.1 Å². The van der Waals surface area contributed by atoms with Crippen LogP contribution in [0.1, 0.15) is 10.6 Å². The monoisotopic (exact) mass is 376 g/mol. The highest BCUT2D eigenvalue weighted by atomic mass is 127. The number of hydrogen-bond acceptors (Lipinski definition) is 3. The Morgan fingerprint density at radius 3 is 2.74 bits per heavy atom. The van der Waals surface area contributed by atoms with Crippen LogP contribution in [-0.4, -0.2) is 38.5 Å². The van der Waals surface area contributed by atoms with Crippen LogP contribution in [0.15, 0.2) is 27.8 Å². The second-order valence-corrected chi connectivity index (χ2v) is 3.29. The number of furan rings is 1. The van der Waals surface area contributed by atoms with Crippen molar-refractivity contribution < 1.29 is 9.21 Å². The van der Waals surface area contributed by atoms with Gasteiger partial charge in [0.15, 0.2) is 11.7 Å². The molecule has 0 bridgehead atoms.